The van der Waals surface area contributed by atoms with E-state index in [9.17, 15) is 0 Å². The van der Waals surface area contributed by atoms with Crippen LogP contribution in [0.5, 0.6) is 0 Å². The van der Waals surface area contributed by atoms with Crippen LogP contribution in [0.4, 0.5) is 16.9 Å². The molecule has 8 heteroatoms. The van der Waals surface area contributed by atoms with Gasteiger partial charge in [0, 0.05) is 63.9 Å². The maximum absolute atomic E-state index is 4.68. The van der Waals surface area contributed by atoms with Gasteiger partial charge in [-0.15, -0.1) is 0 Å². The summed E-state index contributed by atoms with van der Waals surface area (Å²) in [6.45, 7) is 6.21. The quantitative estimate of drug-likeness (QED) is 0.822. The molecule has 1 aliphatic heterocycles. The van der Waals surface area contributed by atoms with Gasteiger partial charge in [0.1, 0.15) is 11.6 Å². The molecular formula is C16H25N7S. The molecule has 0 radical (unpaired) electrons. The van der Waals surface area contributed by atoms with Gasteiger partial charge < -0.3 is 14.7 Å². The molecule has 1 atom stereocenters. The minimum Gasteiger partial charge on any atom is -0.355 e. The molecule has 0 aliphatic carbocycles. The lowest BCUT2D eigenvalue weighted by Crippen LogP contribution is -2.35. The predicted molar refractivity (Wildman–Crippen MR) is 99.4 cm³/mol. The molecule has 0 amide bonds. The molecular weight excluding hydrogens is 322 g/mol. The van der Waals surface area contributed by atoms with E-state index in [0.29, 0.717) is 12.0 Å². The van der Waals surface area contributed by atoms with Crippen molar-refractivity contribution in [1.82, 2.24) is 19.3 Å². The lowest BCUT2D eigenvalue weighted by Gasteiger charge is -2.26. The summed E-state index contributed by atoms with van der Waals surface area (Å²) in [6.07, 6.45) is 2.91. The molecule has 24 heavy (non-hydrogen) atoms. The van der Waals surface area contributed by atoms with Crippen LogP contribution < -0.4 is 14.7 Å². The fourth-order valence-corrected chi connectivity index (χ4v) is 3.60. The van der Waals surface area contributed by atoms with Crippen LogP contribution >= 0.6 is 11.5 Å². The number of hydrogen-bond donors (Lipinski definition) is 0. The Morgan fingerprint density at radius 2 is 2.04 bits per heavy atom. The summed E-state index contributed by atoms with van der Waals surface area (Å²) in [5.74, 6) is 3.01. The Kier molecular flexibility index (Phi) is 4.84. The van der Waals surface area contributed by atoms with Gasteiger partial charge in [-0.2, -0.15) is 9.36 Å². The van der Waals surface area contributed by atoms with Crippen LogP contribution in [0.3, 0.4) is 0 Å². The van der Waals surface area contributed by atoms with E-state index in [0.717, 1.165) is 42.2 Å². The van der Waals surface area contributed by atoms with E-state index in [1.54, 1.807) is 0 Å². The molecule has 3 heterocycles. The predicted octanol–water partition coefficient (Wildman–Crippen LogP) is 2.23. The minimum absolute atomic E-state index is 0.376. The van der Waals surface area contributed by atoms with Gasteiger partial charge in [-0.1, -0.05) is 13.8 Å². The first-order chi connectivity index (χ1) is 11.5. The summed E-state index contributed by atoms with van der Waals surface area (Å²) in [5.41, 5.74) is 0. The van der Waals surface area contributed by atoms with E-state index in [2.05, 4.69) is 50.0 Å². The second-order valence-corrected chi connectivity index (χ2v) is 7.43. The minimum atomic E-state index is 0.376. The van der Waals surface area contributed by atoms with Crippen molar-refractivity contribution >= 4 is 28.4 Å². The molecule has 1 aliphatic rings. The number of likely N-dealkylation sites (N-methyl/N-ethyl adjacent to an activating group) is 1. The monoisotopic (exact) mass is 347 g/mol. The topological polar surface area (TPSA) is 61.3 Å². The van der Waals surface area contributed by atoms with Crippen LogP contribution in [0, 0.1) is 0 Å². The van der Waals surface area contributed by atoms with Crippen LogP contribution in [-0.4, -0.2) is 59.6 Å². The Labute approximate surface area is 147 Å². The molecule has 0 saturated carbocycles. The number of nitrogens with zero attached hydrogens (tertiary/aromatic N) is 7. The van der Waals surface area contributed by atoms with Gasteiger partial charge in [0.05, 0.1) is 0 Å². The summed E-state index contributed by atoms with van der Waals surface area (Å²) in [5, 5.41) is 1.03. The molecule has 0 bridgehead atoms. The first-order valence-electron chi connectivity index (χ1n) is 8.27. The molecule has 0 spiro atoms. The van der Waals surface area contributed by atoms with Crippen molar-refractivity contribution in [2.24, 2.45) is 0 Å². The Bertz CT molecular complexity index is 685. The SMILES string of the molecule is CC(C)c1nsc(N2CCC(N(C)c3ccnc(N(C)C)n3)C2)n1. The maximum Gasteiger partial charge on any atom is 0.226 e. The highest BCUT2D eigenvalue weighted by Crippen LogP contribution is 2.27. The molecule has 1 unspecified atom stereocenters. The molecule has 1 saturated heterocycles. The Morgan fingerprint density at radius 1 is 1.25 bits per heavy atom. The van der Waals surface area contributed by atoms with Crippen LogP contribution in [0.2, 0.25) is 0 Å². The molecule has 7 nitrogen and oxygen atoms in total. The van der Waals surface area contributed by atoms with E-state index < -0.39 is 0 Å². The van der Waals surface area contributed by atoms with Gasteiger partial charge in [-0.3, -0.25) is 0 Å². The zero-order chi connectivity index (χ0) is 17.3. The highest BCUT2D eigenvalue weighted by atomic mass is 32.1. The van der Waals surface area contributed by atoms with E-state index in [1.165, 1.54) is 11.5 Å². The molecule has 3 rings (SSSR count). The van der Waals surface area contributed by atoms with Crippen LogP contribution in [0.15, 0.2) is 12.3 Å². The van der Waals surface area contributed by atoms with Crippen molar-refractivity contribution in [3.05, 3.63) is 18.1 Å². The van der Waals surface area contributed by atoms with E-state index >= 15 is 0 Å². The molecule has 130 valence electrons. The Balaban J connectivity index is 1.69. The zero-order valence-corrected chi connectivity index (χ0v) is 15.8. The number of hydrogen-bond acceptors (Lipinski definition) is 8. The first-order valence-corrected chi connectivity index (χ1v) is 9.04. The van der Waals surface area contributed by atoms with Gasteiger partial charge in [0.15, 0.2) is 0 Å². The van der Waals surface area contributed by atoms with Gasteiger partial charge in [-0.25, -0.2) is 9.97 Å². The normalized spacial score (nSPS) is 17.6. The third-order valence-electron chi connectivity index (χ3n) is 4.32. The fourth-order valence-electron chi connectivity index (χ4n) is 2.76. The van der Waals surface area contributed by atoms with Gasteiger partial charge in [0.25, 0.3) is 0 Å². The van der Waals surface area contributed by atoms with E-state index in [-0.39, 0.29) is 0 Å². The van der Waals surface area contributed by atoms with Crippen molar-refractivity contribution in [2.45, 2.75) is 32.2 Å². The average Bonchev–Trinajstić information content (AvgIpc) is 3.23. The molecule has 1 fully saturated rings. The summed E-state index contributed by atoms with van der Waals surface area (Å²) in [6, 6.07) is 2.39. The van der Waals surface area contributed by atoms with Crippen LogP contribution in [-0.2, 0) is 0 Å². The number of aromatic nitrogens is 4. The summed E-state index contributed by atoms with van der Waals surface area (Å²) < 4.78 is 4.47. The molecule has 0 aromatic carbocycles. The number of anilines is 3. The third kappa shape index (κ3) is 3.43. The highest BCUT2D eigenvalue weighted by Gasteiger charge is 2.29. The lowest BCUT2D eigenvalue weighted by atomic mass is 10.2. The summed E-state index contributed by atoms with van der Waals surface area (Å²) in [7, 11) is 6.02. The molecule has 2 aromatic heterocycles. The van der Waals surface area contributed by atoms with Crippen molar-refractivity contribution in [3.8, 4) is 0 Å². The number of rotatable bonds is 5. The van der Waals surface area contributed by atoms with Crippen molar-refractivity contribution in [3.63, 3.8) is 0 Å². The largest absolute Gasteiger partial charge is 0.355 e. The first kappa shape index (κ1) is 16.9. The highest BCUT2D eigenvalue weighted by molar-refractivity contribution is 7.09. The van der Waals surface area contributed by atoms with Crippen LogP contribution in [0.1, 0.15) is 32.0 Å². The Hall–Kier alpha value is -1.96. The zero-order valence-electron chi connectivity index (χ0n) is 15.0. The third-order valence-corrected chi connectivity index (χ3v) is 5.11. The lowest BCUT2D eigenvalue weighted by molar-refractivity contribution is 0.682. The van der Waals surface area contributed by atoms with Crippen molar-refractivity contribution < 1.29 is 0 Å². The maximum atomic E-state index is 4.68. The Morgan fingerprint density at radius 3 is 2.71 bits per heavy atom. The van der Waals surface area contributed by atoms with E-state index in [4.69, 9.17) is 0 Å². The van der Waals surface area contributed by atoms with Gasteiger partial charge in [-0.05, 0) is 12.5 Å². The second kappa shape index (κ2) is 6.88. The van der Waals surface area contributed by atoms with Crippen molar-refractivity contribution in [1.29, 1.82) is 0 Å². The standard InChI is InChI=1S/C16H25N7S/c1-11(2)14-19-16(24-20-14)23-9-7-12(10-23)22(5)13-6-8-17-15(18-13)21(3)4/h6,8,11-12H,7,9-10H2,1-5H3. The summed E-state index contributed by atoms with van der Waals surface area (Å²) >= 11 is 1.51. The van der Waals surface area contributed by atoms with Gasteiger partial charge >= 0.3 is 0 Å². The van der Waals surface area contributed by atoms with Gasteiger partial charge in [0.2, 0.25) is 11.1 Å². The molecule has 2 aromatic rings. The van der Waals surface area contributed by atoms with Crippen LogP contribution in [0.25, 0.3) is 0 Å². The summed E-state index contributed by atoms with van der Waals surface area (Å²) in [4.78, 5) is 20.1. The fraction of sp³-hybridized carbons (Fsp3) is 0.625. The van der Waals surface area contributed by atoms with E-state index in [1.807, 2.05) is 31.3 Å². The molecule has 0 N–H and O–H groups in total. The average molecular weight is 347 g/mol. The smallest absolute Gasteiger partial charge is 0.226 e. The second-order valence-electron chi connectivity index (χ2n) is 6.70. The van der Waals surface area contributed by atoms with Crippen molar-refractivity contribution in [2.75, 3.05) is 48.9 Å².